The molecule has 228 valence electrons. The number of nitrogens with zero attached hydrogens (tertiary/aromatic N) is 3. The highest BCUT2D eigenvalue weighted by atomic mass is 16.5. The van der Waals surface area contributed by atoms with Crippen LogP contribution in [0, 0.1) is 5.92 Å². The van der Waals surface area contributed by atoms with Gasteiger partial charge in [-0.2, -0.15) is 0 Å². The Morgan fingerprint density at radius 1 is 0.837 bits per heavy atom. The molecule has 0 bridgehead atoms. The number of nitrogens with one attached hydrogen (secondary N) is 1. The van der Waals surface area contributed by atoms with Gasteiger partial charge in [0.25, 0.3) is 5.91 Å². The average Bonchev–Trinajstić information content (AvgIpc) is 3.52. The van der Waals surface area contributed by atoms with Crippen molar-refractivity contribution in [1.82, 2.24) is 20.0 Å². The van der Waals surface area contributed by atoms with E-state index in [4.69, 9.17) is 4.74 Å². The third-order valence-corrected chi connectivity index (χ3v) is 9.55. The summed E-state index contributed by atoms with van der Waals surface area (Å²) in [6, 6.07) is 12.6. The number of hydrogen-bond donors (Lipinski definition) is 1. The Morgan fingerprint density at radius 2 is 1.56 bits per heavy atom. The summed E-state index contributed by atoms with van der Waals surface area (Å²) in [7, 11) is 0. The Bertz CT molecular complexity index is 1350. The van der Waals surface area contributed by atoms with Crippen molar-refractivity contribution in [3.63, 3.8) is 0 Å². The molecule has 1 atom stereocenters. The molecule has 2 aromatic rings. The minimum absolute atomic E-state index is 0.0400. The molecule has 1 aliphatic carbocycles. The van der Waals surface area contributed by atoms with Crippen LogP contribution < -0.4 is 10.1 Å². The molecule has 0 radical (unpaired) electrons. The lowest BCUT2D eigenvalue weighted by Crippen LogP contribution is -2.57. The molecule has 1 saturated carbocycles. The molecule has 4 amide bonds. The van der Waals surface area contributed by atoms with Crippen LogP contribution >= 0.6 is 0 Å². The Hall–Kier alpha value is -3.56. The van der Waals surface area contributed by atoms with Gasteiger partial charge in [0, 0.05) is 50.3 Å². The summed E-state index contributed by atoms with van der Waals surface area (Å²) in [6.45, 7) is 7.00. The van der Waals surface area contributed by atoms with Gasteiger partial charge in [-0.25, -0.2) is 0 Å². The van der Waals surface area contributed by atoms with Crippen molar-refractivity contribution in [2.75, 3.05) is 32.7 Å². The lowest BCUT2D eigenvalue weighted by Gasteiger charge is -2.35. The second-order valence-corrected chi connectivity index (χ2v) is 12.5. The van der Waals surface area contributed by atoms with Crippen LogP contribution in [0.4, 0.5) is 0 Å². The number of carbonyl (C=O) groups is 4. The van der Waals surface area contributed by atoms with Gasteiger partial charge >= 0.3 is 0 Å². The summed E-state index contributed by atoms with van der Waals surface area (Å²) in [5.74, 6) is -0.506. The van der Waals surface area contributed by atoms with Gasteiger partial charge in [-0.15, -0.1) is 0 Å². The van der Waals surface area contributed by atoms with Crippen molar-refractivity contribution in [1.29, 1.82) is 0 Å². The topological polar surface area (TPSA) is 99.3 Å². The van der Waals surface area contributed by atoms with Crippen LogP contribution in [0.15, 0.2) is 42.5 Å². The molecule has 1 unspecified atom stereocenters. The maximum absolute atomic E-state index is 13.3. The van der Waals surface area contributed by atoms with Gasteiger partial charge in [0.15, 0.2) is 0 Å². The zero-order chi connectivity index (χ0) is 29.8. The number of ether oxygens (including phenoxy) is 1. The van der Waals surface area contributed by atoms with Gasteiger partial charge in [0.1, 0.15) is 18.4 Å². The number of benzene rings is 2. The Kier molecular flexibility index (Phi) is 9.19. The van der Waals surface area contributed by atoms with Crippen LogP contribution in [0.3, 0.4) is 0 Å². The van der Waals surface area contributed by atoms with Crippen molar-refractivity contribution >= 4 is 23.6 Å². The van der Waals surface area contributed by atoms with E-state index < -0.39 is 23.8 Å². The third kappa shape index (κ3) is 6.99. The lowest BCUT2D eigenvalue weighted by atomic mass is 9.94. The zero-order valence-electron chi connectivity index (χ0n) is 24.9. The number of rotatable bonds is 10. The van der Waals surface area contributed by atoms with Crippen molar-refractivity contribution in [2.24, 2.45) is 5.92 Å². The molecule has 9 nitrogen and oxygen atoms in total. The standard InChI is InChI=1S/C34H42N4O5/c39-31-15-14-29(33(41)35-31)38-32(40)21-28-27(34(38)42)8-3-9-30(28)43-23-26-12-10-25(11-13-26)22-37-19-17-36(18-20-37)16-4-7-24-5-1-2-6-24/h3,8-13,24,29H,1-2,4-7,14-23H2,(H,35,39,41). The summed E-state index contributed by atoms with van der Waals surface area (Å²) in [5, 5.41) is 2.23. The quantitative estimate of drug-likeness (QED) is 0.424. The lowest BCUT2D eigenvalue weighted by molar-refractivity contribution is -0.143. The molecule has 43 heavy (non-hydrogen) atoms. The molecular weight excluding hydrogens is 544 g/mol. The summed E-state index contributed by atoms with van der Waals surface area (Å²) < 4.78 is 6.11. The molecule has 2 saturated heterocycles. The van der Waals surface area contributed by atoms with Gasteiger partial charge < -0.3 is 9.64 Å². The minimum atomic E-state index is -0.968. The average molecular weight is 587 g/mol. The number of hydrogen-bond acceptors (Lipinski definition) is 7. The van der Waals surface area contributed by atoms with Crippen molar-refractivity contribution in [2.45, 2.75) is 77.0 Å². The molecule has 0 aromatic heterocycles. The Balaban J connectivity index is 0.987. The van der Waals surface area contributed by atoms with Crippen LogP contribution in [0.2, 0.25) is 0 Å². The van der Waals surface area contributed by atoms with E-state index in [0.717, 1.165) is 49.1 Å². The number of amides is 4. The normalized spacial score (nSPS) is 22.1. The molecule has 3 heterocycles. The Morgan fingerprint density at radius 3 is 2.30 bits per heavy atom. The first-order valence-electron chi connectivity index (χ1n) is 15.9. The highest BCUT2D eigenvalue weighted by Gasteiger charge is 2.42. The summed E-state index contributed by atoms with van der Waals surface area (Å²) in [6.07, 6.45) is 8.71. The van der Waals surface area contributed by atoms with E-state index in [1.165, 1.54) is 50.6 Å². The predicted octanol–water partition coefficient (Wildman–Crippen LogP) is 3.68. The van der Waals surface area contributed by atoms with E-state index in [-0.39, 0.29) is 25.2 Å². The van der Waals surface area contributed by atoms with Crippen molar-refractivity contribution in [3.8, 4) is 5.75 Å². The van der Waals surface area contributed by atoms with E-state index in [1.54, 1.807) is 18.2 Å². The molecule has 1 N–H and O–H groups in total. The molecule has 3 aliphatic heterocycles. The maximum atomic E-state index is 13.3. The molecule has 3 fully saturated rings. The monoisotopic (exact) mass is 586 g/mol. The smallest absolute Gasteiger partial charge is 0.261 e. The van der Waals surface area contributed by atoms with Gasteiger partial charge in [-0.1, -0.05) is 56.0 Å². The highest BCUT2D eigenvalue weighted by Crippen LogP contribution is 2.32. The van der Waals surface area contributed by atoms with Gasteiger partial charge in [-0.3, -0.25) is 34.3 Å². The fourth-order valence-electron chi connectivity index (χ4n) is 7.04. The number of fused-ring (bicyclic) bond motifs is 1. The summed E-state index contributed by atoms with van der Waals surface area (Å²) in [5.41, 5.74) is 3.17. The first-order chi connectivity index (χ1) is 20.9. The predicted molar refractivity (Wildman–Crippen MR) is 161 cm³/mol. The number of piperidine rings is 1. The van der Waals surface area contributed by atoms with E-state index in [0.29, 0.717) is 23.5 Å². The van der Waals surface area contributed by atoms with Crippen molar-refractivity contribution in [3.05, 3.63) is 64.7 Å². The number of piperazine rings is 1. The number of imide groups is 2. The fourth-order valence-corrected chi connectivity index (χ4v) is 7.04. The molecule has 6 rings (SSSR count). The van der Waals surface area contributed by atoms with Gasteiger partial charge in [0.05, 0.1) is 6.42 Å². The van der Waals surface area contributed by atoms with Crippen LogP contribution in [-0.2, 0) is 34.0 Å². The van der Waals surface area contributed by atoms with Crippen LogP contribution in [0.5, 0.6) is 5.75 Å². The highest BCUT2D eigenvalue weighted by molar-refractivity contribution is 6.14. The van der Waals surface area contributed by atoms with Crippen LogP contribution in [0.1, 0.15) is 78.4 Å². The van der Waals surface area contributed by atoms with E-state index >= 15 is 0 Å². The first kappa shape index (κ1) is 29.5. The van der Waals surface area contributed by atoms with Crippen LogP contribution in [-0.4, -0.2) is 77.1 Å². The van der Waals surface area contributed by atoms with Gasteiger partial charge in [0.2, 0.25) is 17.7 Å². The Labute approximate surface area is 253 Å². The molecule has 2 aromatic carbocycles. The van der Waals surface area contributed by atoms with Gasteiger partial charge in [-0.05, 0) is 55.0 Å². The minimum Gasteiger partial charge on any atom is -0.489 e. The van der Waals surface area contributed by atoms with E-state index in [2.05, 4.69) is 39.4 Å². The number of carbonyl (C=O) groups excluding carboxylic acids is 4. The molecular formula is C34H42N4O5. The van der Waals surface area contributed by atoms with Crippen molar-refractivity contribution < 1.29 is 23.9 Å². The largest absolute Gasteiger partial charge is 0.489 e. The molecule has 4 aliphatic rings. The summed E-state index contributed by atoms with van der Waals surface area (Å²) in [4.78, 5) is 56.3. The van der Waals surface area contributed by atoms with Crippen LogP contribution in [0.25, 0.3) is 0 Å². The fraction of sp³-hybridized carbons (Fsp3) is 0.529. The van der Waals surface area contributed by atoms with E-state index in [1.807, 2.05) is 0 Å². The third-order valence-electron chi connectivity index (χ3n) is 9.55. The first-order valence-corrected chi connectivity index (χ1v) is 15.9. The maximum Gasteiger partial charge on any atom is 0.261 e. The second kappa shape index (κ2) is 13.4. The molecule has 0 spiro atoms. The second-order valence-electron chi connectivity index (χ2n) is 12.5. The van der Waals surface area contributed by atoms with E-state index in [9.17, 15) is 19.2 Å². The molecule has 9 heteroatoms. The summed E-state index contributed by atoms with van der Waals surface area (Å²) >= 11 is 0. The zero-order valence-corrected chi connectivity index (χ0v) is 24.9. The SMILES string of the molecule is O=C1CCC(N2C(=O)Cc3c(OCc4ccc(CN5CCN(CCCC6CCCC6)CC5)cc4)cccc3C2=O)C(=O)N1.